The fourth-order valence-corrected chi connectivity index (χ4v) is 1.51. The molecule has 1 aromatic heterocycles. The summed E-state index contributed by atoms with van der Waals surface area (Å²) in [7, 11) is 2.15. The first-order valence-electron chi connectivity index (χ1n) is 4.78. The van der Waals surface area contributed by atoms with Gasteiger partial charge in [-0.3, -0.25) is 4.90 Å². The maximum Gasteiger partial charge on any atom is 0.145 e. The van der Waals surface area contributed by atoms with Crippen LogP contribution in [0.15, 0.2) is 18.5 Å². The zero-order valence-corrected chi connectivity index (χ0v) is 8.14. The van der Waals surface area contributed by atoms with Crippen LogP contribution in [0.1, 0.15) is 31.6 Å². The smallest absolute Gasteiger partial charge is 0.145 e. The lowest BCUT2D eigenvalue weighted by atomic mass is 10.2. The first kappa shape index (κ1) is 8.63. The monoisotopic (exact) mass is 177 g/mol. The molecule has 70 valence electrons. The third-order valence-corrected chi connectivity index (χ3v) is 2.69. The minimum Gasteiger partial charge on any atom is -0.294 e. The second kappa shape index (κ2) is 3.42. The van der Waals surface area contributed by atoms with Crippen molar-refractivity contribution in [3.63, 3.8) is 0 Å². The summed E-state index contributed by atoms with van der Waals surface area (Å²) >= 11 is 0. The second-order valence-corrected chi connectivity index (χ2v) is 3.68. The highest BCUT2D eigenvalue weighted by molar-refractivity contribution is 4.97. The summed E-state index contributed by atoms with van der Waals surface area (Å²) in [5.74, 6) is 0.928. The number of hydrogen-bond donors (Lipinski definition) is 0. The van der Waals surface area contributed by atoms with Gasteiger partial charge in [-0.1, -0.05) is 0 Å². The van der Waals surface area contributed by atoms with E-state index in [-0.39, 0.29) is 0 Å². The fraction of sp³-hybridized carbons (Fsp3) is 0.600. The summed E-state index contributed by atoms with van der Waals surface area (Å²) in [4.78, 5) is 10.9. The third-order valence-electron chi connectivity index (χ3n) is 2.69. The van der Waals surface area contributed by atoms with Crippen LogP contribution in [-0.2, 0) is 0 Å². The van der Waals surface area contributed by atoms with Crippen LogP contribution in [-0.4, -0.2) is 28.0 Å². The molecule has 0 amide bonds. The lowest BCUT2D eigenvalue weighted by molar-refractivity contribution is 0.242. The van der Waals surface area contributed by atoms with Crippen molar-refractivity contribution >= 4 is 0 Å². The lowest BCUT2D eigenvalue weighted by Gasteiger charge is -2.22. The van der Waals surface area contributed by atoms with Gasteiger partial charge in [-0.05, 0) is 32.9 Å². The molecule has 1 unspecified atom stereocenters. The predicted octanol–water partition coefficient (Wildman–Crippen LogP) is 1.63. The molecule has 1 aromatic rings. The molecule has 13 heavy (non-hydrogen) atoms. The zero-order valence-electron chi connectivity index (χ0n) is 8.14. The van der Waals surface area contributed by atoms with E-state index in [1.54, 1.807) is 12.4 Å². The molecule has 1 aliphatic rings. The summed E-state index contributed by atoms with van der Waals surface area (Å²) < 4.78 is 0. The van der Waals surface area contributed by atoms with Gasteiger partial charge in [0.2, 0.25) is 0 Å². The molecular formula is C10H15N3. The topological polar surface area (TPSA) is 29.0 Å². The van der Waals surface area contributed by atoms with Crippen molar-refractivity contribution in [2.24, 2.45) is 0 Å². The van der Waals surface area contributed by atoms with Crippen LogP contribution in [0.3, 0.4) is 0 Å². The molecule has 1 saturated carbocycles. The Morgan fingerprint density at radius 2 is 2.00 bits per heavy atom. The molecule has 1 heterocycles. The van der Waals surface area contributed by atoms with E-state index >= 15 is 0 Å². The standard InChI is InChI=1S/C10H15N3/c1-8(13(2)9-4-5-9)10-11-6-3-7-12-10/h3,6-9H,4-5H2,1-2H3. The molecule has 0 spiro atoms. The molecule has 0 N–H and O–H groups in total. The Labute approximate surface area is 78.8 Å². The third kappa shape index (κ3) is 1.86. The van der Waals surface area contributed by atoms with Crippen molar-refractivity contribution in [1.82, 2.24) is 14.9 Å². The van der Waals surface area contributed by atoms with Gasteiger partial charge >= 0.3 is 0 Å². The van der Waals surface area contributed by atoms with Crippen LogP contribution < -0.4 is 0 Å². The number of hydrogen-bond acceptors (Lipinski definition) is 3. The first-order chi connectivity index (χ1) is 6.29. The van der Waals surface area contributed by atoms with E-state index in [1.807, 2.05) is 6.07 Å². The van der Waals surface area contributed by atoms with Crippen molar-refractivity contribution in [2.45, 2.75) is 31.8 Å². The van der Waals surface area contributed by atoms with E-state index in [4.69, 9.17) is 0 Å². The maximum atomic E-state index is 4.26. The molecule has 1 atom stereocenters. The number of aromatic nitrogens is 2. The number of rotatable bonds is 3. The van der Waals surface area contributed by atoms with Crippen LogP contribution >= 0.6 is 0 Å². The average Bonchev–Trinajstić information content (AvgIpc) is 3.00. The normalized spacial score (nSPS) is 19.0. The van der Waals surface area contributed by atoms with Crippen LogP contribution in [0.2, 0.25) is 0 Å². The van der Waals surface area contributed by atoms with E-state index in [9.17, 15) is 0 Å². The van der Waals surface area contributed by atoms with E-state index in [1.165, 1.54) is 12.8 Å². The highest BCUT2D eigenvalue weighted by Crippen LogP contribution is 2.31. The number of nitrogens with zero attached hydrogens (tertiary/aromatic N) is 3. The second-order valence-electron chi connectivity index (χ2n) is 3.68. The van der Waals surface area contributed by atoms with E-state index < -0.39 is 0 Å². The lowest BCUT2D eigenvalue weighted by Crippen LogP contribution is -2.25. The van der Waals surface area contributed by atoms with Crippen molar-refractivity contribution in [3.8, 4) is 0 Å². The molecule has 0 bridgehead atoms. The quantitative estimate of drug-likeness (QED) is 0.702. The highest BCUT2D eigenvalue weighted by Gasteiger charge is 2.30. The van der Waals surface area contributed by atoms with Crippen LogP contribution in [0.4, 0.5) is 0 Å². The Bertz CT molecular complexity index is 269. The fourth-order valence-electron chi connectivity index (χ4n) is 1.51. The Morgan fingerprint density at radius 3 is 2.54 bits per heavy atom. The Balaban J connectivity index is 2.07. The largest absolute Gasteiger partial charge is 0.294 e. The molecule has 1 fully saturated rings. The van der Waals surface area contributed by atoms with E-state index in [2.05, 4.69) is 28.8 Å². The van der Waals surface area contributed by atoms with Gasteiger partial charge in [0.15, 0.2) is 0 Å². The van der Waals surface area contributed by atoms with Crippen molar-refractivity contribution in [2.75, 3.05) is 7.05 Å². The molecule has 0 radical (unpaired) electrons. The van der Waals surface area contributed by atoms with E-state index in [0.29, 0.717) is 6.04 Å². The first-order valence-corrected chi connectivity index (χ1v) is 4.78. The van der Waals surface area contributed by atoms with E-state index in [0.717, 1.165) is 11.9 Å². The zero-order chi connectivity index (χ0) is 9.26. The average molecular weight is 177 g/mol. The van der Waals surface area contributed by atoms with Gasteiger partial charge in [-0.2, -0.15) is 0 Å². The van der Waals surface area contributed by atoms with Crippen molar-refractivity contribution in [3.05, 3.63) is 24.3 Å². The van der Waals surface area contributed by atoms with Crippen LogP contribution in [0, 0.1) is 0 Å². The van der Waals surface area contributed by atoms with Crippen LogP contribution in [0.5, 0.6) is 0 Å². The summed E-state index contributed by atoms with van der Waals surface area (Å²) in [5.41, 5.74) is 0. The molecule has 0 aromatic carbocycles. The summed E-state index contributed by atoms with van der Waals surface area (Å²) in [6.07, 6.45) is 6.26. The highest BCUT2D eigenvalue weighted by atomic mass is 15.2. The minimum absolute atomic E-state index is 0.341. The minimum atomic E-state index is 0.341. The summed E-state index contributed by atoms with van der Waals surface area (Å²) in [5, 5.41) is 0. The molecule has 3 heteroatoms. The van der Waals surface area contributed by atoms with Gasteiger partial charge in [0.05, 0.1) is 6.04 Å². The van der Waals surface area contributed by atoms with Gasteiger partial charge < -0.3 is 0 Å². The Kier molecular flexibility index (Phi) is 2.27. The van der Waals surface area contributed by atoms with Gasteiger partial charge in [-0.25, -0.2) is 9.97 Å². The van der Waals surface area contributed by atoms with Crippen LogP contribution in [0.25, 0.3) is 0 Å². The van der Waals surface area contributed by atoms with Gasteiger partial charge in [-0.15, -0.1) is 0 Å². The maximum absolute atomic E-state index is 4.26. The molecular weight excluding hydrogens is 162 g/mol. The van der Waals surface area contributed by atoms with Gasteiger partial charge in [0.1, 0.15) is 5.82 Å². The van der Waals surface area contributed by atoms with Crippen molar-refractivity contribution in [1.29, 1.82) is 0 Å². The molecule has 1 aliphatic carbocycles. The SMILES string of the molecule is CC(c1ncccn1)N(C)C1CC1. The Morgan fingerprint density at radius 1 is 1.38 bits per heavy atom. The summed E-state index contributed by atoms with van der Waals surface area (Å²) in [6.45, 7) is 2.16. The van der Waals surface area contributed by atoms with Gasteiger partial charge in [0.25, 0.3) is 0 Å². The molecule has 3 nitrogen and oxygen atoms in total. The summed E-state index contributed by atoms with van der Waals surface area (Å²) in [6, 6.07) is 2.96. The Hall–Kier alpha value is -0.960. The molecule has 2 rings (SSSR count). The predicted molar refractivity (Wildman–Crippen MR) is 51.2 cm³/mol. The van der Waals surface area contributed by atoms with Crippen molar-refractivity contribution < 1.29 is 0 Å². The van der Waals surface area contributed by atoms with Gasteiger partial charge in [0, 0.05) is 18.4 Å². The molecule has 0 aliphatic heterocycles. The molecule has 0 saturated heterocycles.